The van der Waals surface area contributed by atoms with Crippen LogP contribution in [0.1, 0.15) is 90.5 Å². The standard InChI is InChI=1S/C31H47NO3/c1-5-31-18-17-30(34,20-35-6-2)19-22(31)11-12-23-24-13-14-26(29(24,4)16-15-25(23)31)28(33)32-27-10-8-7-9-21(27)3/h7-10,22-26,34H,5-6,11-20H2,1-4H3,(H,32,33)/t22-,23+,24+,25+,26-,29+,30-,31?/m1/s1. The van der Waals surface area contributed by atoms with Crippen LogP contribution in [0.15, 0.2) is 24.3 Å². The highest BCUT2D eigenvalue weighted by Gasteiger charge is 2.63. The second-order valence-electron chi connectivity index (χ2n) is 12.8. The van der Waals surface area contributed by atoms with Crippen molar-refractivity contribution in [3.05, 3.63) is 29.8 Å². The summed E-state index contributed by atoms with van der Waals surface area (Å²) < 4.78 is 5.70. The number of hydrogen-bond acceptors (Lipinski definition) is 3. The number of carbonyl (C=O) groups excluding carboxylic acids is 1. The van der Waals surface area contributed by atoms with Crippen LogP contribution in [0.4, 0.5) is 5.69 Å². The van der Waals surface area contributed by atoms with E-state index in [1.807, 2.05) is 25.1 Å². The Balaban J connectivity index is 1.33. The maximum atomic E-state index is 13.5. The number of ether oxygens (including phenoxy) is 1. The minimum atomic E-state index is -0.637. The first-order chi connectivity index (χ1) is 16.8. The molecule has 8 atom stereocenters. The summed E-state index contributed by atoms with van der Waals surface area (Å²) in [6.45, 7) is 10.1. The molecule has 35 heavy (non-hydrogen) atoms. The molecule has 4 heteroatoms. The van der Waals surface area contributed by atoms with Gasteiger partial charge in [-0.3, -0.25) is 4.79 Å². The fraction of sp³-hybridized carbons (Fsp3) is 0.774. The number of amides is 1. The highest BCUT2D eigenvalue weighted by Crippen LogP contribution is 2.69. The van der Waals surface area contributed by atoms with Crippen LogP contribution in [0, 0.1) is 47.3 Å². The Morgan fingerprint density at radius 2 is 1.86 bits per heavy atom. The molecular weight excluding hydrogens is 434 g/mol. The molecule has 0 aromatic heterocycles. The van der Waals surface area contributed by atoms with Gasteiger partial charge in [-0.25, -0.2) is 0 Å². The van der Waals surface area contributed by atoms with E-state index >= 15 is 0 Å². The first kappa shape index (κ1) is 25.3. The van der Waals surface area contributed by atoms with Gasteiger partial charge in [0.25, 0.3) is 0 Å². The Kier molecular flexibility index (Phi) is 6.85. The minimum absolute atomic E-state index is 0.111. The number of hydrogen-bond donors (Lipinski definition) is 2. The Labute approximate surface area is 212 Å². The molecule has 0 bridgehead atoms. The molecule has 4 aliphatic carbocycles. The highest BCUT2D eigenvalue weighted by molar-refractivity contribution is 5.94. The van der Waals surface area contributed by atoms with Gasteiger partial charge in [-0.05, 0) is 124 Å². The predicted molar refractivity (Wildman–Crippen MR) is 141 cm³/mol. The molecule has 4 fully saturated rings. The van der Waals surface area contributed by atoms with E-state index in [0.29, 0.717) is 30.5 Å². The number of fused-ring (bicyclic) bond motifs is 5. The maximum absolute atomic E-state index is 13.5. The minimum Gasteiger partial charge on any atom is -0.387 e. The van der Waals surface area contributed by atoms with Crippen molar-refractivity contribution in [2.24, 2.45) is 40.4 Å². The van der Waals surface area contributed by atoms with Gasteiger partial charge in [0.2, 0.25) is 5.91 Å². The van der Waals surface area contributed by atoms with Crippen LogP contribution < -0.4 is 5.32 Å². The number of aliphatic hydroxyl groups is 1. The Hall–Kier alpha value is -1.39. The van der Waals surface area contributed by atoms with Crippen molar-refractivity contribution >= 4 is 11.6 Å². The molecule has 0 spiro atoms. The zero-order chi connectivity index (χ0) is 24.8. The molecule has 4 saturated carbocycles. The second kappa shape index (κ2) is 9.49. The zero-order valence-electron chi connectivity index (χ0n) is 22.4. The molecule has 0 radical (unpaired) electrons. The number of anilines is 1. The lowest BCUT2D eigenvalue weighted by molar-refractivity contribution is -0.173. The van der Waals surface area contributed by atoms with Crippen molar-refractivity contribution in [1.29, 1.82) is 0 Å². The van der Waals surface area contributed by atoms with Crippen LogP contribution in [-0.2, 0) is 9.53 Å². The molecule has 1 aromatic carbocycles. The van der Waals surface area contributed by atoms with Gasteiger partial charge in [-0.2, -0.15) is 0 Å². The Morgan fingerprint density at radius 3 is 2.60 bits per heavy atom. The second-order valence-corrected chi connectivity index (χ2v) is 12.8. The van der Waals surface area contributed by atoms with Gasteiger partial charge in [0.05, 0.1) is 12.2 Å². The van der Waals surface area contributed by atoms with Crippen LogP contribution in [0.25, 0.3) is 0 Å². The molecule has 2 N–H and O–H groups in total. The van der Waals surface area contributed by atoms with Gasteiger partial charge in [0, 0.05) is 18.2 Å². The lowest BCUT2D eigenvalue weighted by Crippen LogP contribution is -2.58. The summed E-state index contributed by atoms with van der Waals surface area (Å²) in [5.74, 6) is 3.10. The third-order valence-electron chi connectivity index (χ3n) is 11.5. The van der Waals surface area contributed by atoms with Gasteiger partial charge >= 0.3 is 0 Å². The molecule has 5 rings (SSSR count). The van der Waals surface area contributed by atoms with Crippen molar-refractivity contribution in [1.82, 2.24) is 0 Å². The van der Waals surface area contributed by atoms with E-state index in [4.69, 9.17) is 4.74 Å². The summed E-state index contributed by atoms with van der Waals surface area (Å²) in [5, 5.41) is 14.6. The normalized spacial score (nSPS) is 42.6. The SMILES string of the molecule is CCOC[C@@]1(O)CCC2(CC)[C@H](CC[C@@H]3[C@@H]2CC[C@]2(C)[C@@H](C(=O)Nc4ccccc4C)CC[C@@H]32)C1. The monoisotopic (exact) mass is 481 g/mol. The third kappa shape index (κ3) is 4.17. The maximum Gasteiger partial charge on any atom is 0.228 e. The van der Waals surface area contributed by atoms with Gasteiger partial charge < -0.3 is 15.2 Å². The van der Waals surface area contributed by atoms with Gasteiger partial charge in [0.15, 0.2) is 0 Å². The summed E-state index contributed by atoms with van der Waals surface area (Å²) >= 11 is 0. The van der Waals surface area contributed by atoms with Crippen molar-refractivity contribution in [3.63, 3.8) is 0 Å². The van der Waals surface area contributed by atoms with Crippen molar-refractivity contribution < 1.29 is 14.6 Å². The molecule has 4 aliphatic rings. The van der Waals surface area contributed by atoms with Crippen LogP contribution in [0.3, 0.4) is 0 Å². The zero-order valence-corrected chi connectivity index (χ0v) is 22.4. The summed E-state index contributed by atoms with van der Waals surface area (Å²) in [6, 6.07) is 8.14. The topological polar surface area (TPSA) is 58.6 Å². The lowest BCUT2D eigenvalue weighted by Gasteiger charge is -2.63. The molecule has 0 aliphatic heterocycles. The first-order valence-electron chi connectivity index (χ1n) is 14.4. The van der Waals surface area contributed by atoms with Crippen LogP contribution in [0.2, 0.25) is 0 Å². The van der Waals surface area contributed by atoms with E-state index < -0.39 is 5.60 Å². The van der Waals surface area contributed by atoms with E-state index in [9.17, 15) is 9.90 Å². The quantitative estimate of drug-likeness (QED) is 0.472. The van der Waals surface area contributed by atoms with Crippen LogP contribution in [0.5, 0.6) is 0 Å². The Bertz CT molecular complexity index is 932. The number of rotatable bonds is 6. The average Bonchev–Trinajstić information content (AvgIpc) is 3.21. The summed E-state index contributed by atoms with van der Waals surface area (Å²) in [7, 11) is 0. The number of para-hydroxylation sites is 1. The van der Waals surface area contributed by atoms with Gasteiger partial charge in [-0.15, -0.1) is 0 Å². The van der Waals surface area contributed by atoms with Crippen LogP contribution in [-0.4, -0.2) is 29.8 Å². The largest absolute Gasteiger partial charge is 0.387 e. The van der Waals surface area contributed by atoms with E-state index in [2.05, 4.69) is 32.2 Å². The van der Waals surface area contributed by atoms with Crippen LogP contribution >= 0.6 is 0 Å². The molecule has 1 unspecified atom stereocenters. The van der Waals surface area contributed by atoms with Crippen molar-refractivity contribution in [3.8, 4) is 0 Å². The fourth-order valence-corrected chi connectivity index (χ4v) is 9.62. The lowest BCUT2D eigenvalue weighted by atomic mass is 9.42. The molecule has 1 aromatic rings. The van der Waals surface area contributed by atoms with E-state index in [1.165, 1.54) is 38.5 Å². The number of benzene rings is 1. The van der Waals surface area contributed by atoms with Gasteiger partial charge in [-0.1, -0.05) is 32.0 Å². The number of nitrogens with one attached hydrogen (secondary N) is 1. The van der Waals surface area contributed by atoms with Crippen molar-refractivity contribution in [2.45, 2.75) is 97.5 Å². The highest BCUT2D eigenvalue weighted by atomic mass is 16.5. The summed E-state index contributed by atoms with van der Waals surface area (Å²) in [6.07, 6.45) is 11.3. The molecule has 0 saturated heterocycles. The third-order valence-corrected chi connectivity index (χ3v) is 11.5. The first-order valence-corrected chi connectivity index (χ1v) is 14.4. The molecule has 4 nitrogen and oxygen atoms in total. The van der Waals surface area contributed by atoms with E-state index in [0.717, 1.165) is 48.8 Å². The number of aryl methyl sites for hydroxylation is 1. The van der Waals surface area contributed by atoms with Crippen molar-refractivity contribution in [2.75, 3.05) is 18.5 Å². The Morgan fingerprint density at radius 1 is 1.06 bits per heavy atom. The smallest absolute Gasteiger partial charge is 0.228 e. The molecule has 194 valence electrons. The number of carbonyl (C=O) groups is 1. The van der Waals surface area contributed by atoms with Gasteiger partial charge in [0.1, 0.15) is 0 Å². The fourth-order valence-electron chi connectivity index (χ4n) is 9.62. The summed E-state index contributed by atoms with van der Waals surface area (Å²) in [4.78, 5) is 13.5. The van der Waals surface area contributed by atoms with E-state index in [-0.39, 0.29) is 17.2 Å². The average molecular weight is 482 g/mol. The molecular formula is C31H47NO3. The summed E-state index contributed by atoms with van der Waals surface area (Å²) in [5.41, 5.74) is 1.94. The molecule has 0 heterocycles. The predicted octanol–water partition coefficient (Wildman–Crippen LogP) is 6.75. The van der Waals surface area contributed by atoms with E-state index in [1.54, 1.807) is 0 Å². The molecule has 1 amide bonds.